The molecule has 0 aromatic heterocycles. The van der Waals surface area contributed by atoms with E-state index in [2.05, 4.69) is 60.3 Å². The zero-order valence-corrected chi connectivity index (χ0v) is 21.9. The lowest BCUT2D eigenvalue weighted by Crippen LogP contribution is -2.31. The summed E-state index contributed by atoms with van der Waals surface area (Å²) in [5.41, 5.74) is 6.01. The van der Waals surface area contributed by atoms with Crippen molar-refractivity contribution in [3.05, 3.63) is 27.8 Å². The highest BCUT2D eigenvalue weighted by Crippen LogP contribution is 2.48. The van der Waals surface area contributed by atoms with Gasteiger partial charge in [-0.1, -0.05) is 79.6 Å². The zero-order valence-electron chi connectivity index (χ0n) is 21.9. The lowest BCUT2D eigenvalue weighted by Gasteiger charge is -2.38. The molecule has 0 spiro atoms. The molecular formula is C28H47BO3. The second-order valence-electron chi connectivity index (χ2n) is 8.91. The molecule has 4 heteroatoms. The van der Waals surface area contributed by atoms with Gasteiger partial charge in [-0.2, -0.15) is 0 Å². The third kappa shape index (κ3) is 6.78. The number of unbranched alkanes of at least 4 members (excludes halogenated alkanes) is 2. The van der Waals surface area contributed by atoms with Crippen molar-refractivity contribution in [2.75, 3.05) is 0 Å². The van der Waals surface area contributed by atoms with Crippen LogP contribution in [-0.4, -0.2) is 17.4 Å². The minimum Gasteiger partial charge on any atom is -0.512 e. The summed E-state index contributed by atoms with van der Waals surface area (Å²) in [6, 6.07) is 0. The monoisotopic (exact) mass is 442 g/mol. The van der Waals surface area contributed by atoms with Gasteiger partial charge in [0.15, 0.2) is 0 Å². The topological polar surface area (TPSA) is 49.7 Å². The van der Waals surface area contributed by atoms with E-state index in [0.29, 0.717) is 0 Å². The third-order valence-electron chi connectivity index (χ3n) is 6.91. The molecule has 0 aliphatic rings. The van der Waals surface area contributed by atoms with Gasteiger partial charge in [0.05, 0.1) is 0 Å². The molecule has 0 saturated carbocycles. The highest BCUT2D eigenvalue weighted by molar-refractivity contribution is 6.33. The van der Waals surface area contributed by atoms with Crippen LogP contribution >= 0.6 is 0 Å². The predicted molar refractivity (Wildman–Crippen MR) is 138 cm³/mol. The van der Waals surface area contributed by atoms with Crippen molar-refractivity contribution in [3.8, 4) is 17.6 Å². The summed E-state index contributed by atoms with van der Waals surface area (Å²) in [5, 5.41) is 19.9. The van der Waals surface area contributed by atoms with Crippen LogP contribution in [-0.2, 0) is 24.7 Å². The van der Waals surface area contributed by atoms with Crippen molar-refractivity contribution in [2.24, 2.45) is 0 Å². The summed E-state index contributed by atoms with van der Waals surface area (Å²) in [4.78, 5) is 0. The molecule has 32 heavy (non-hydrogen) atoms. The number of rotatable bonds is 14. The molecule has 0 atom stereocenters. The van der Waals surface area contributed by atoms with Crippen LogP contribution in [0.2, 0.25) is 0 Å². The van der Waals surface area contributed by atoms with Gasteiger partial charge in [0.25, 0.3) is 0 Å². The van der Waals surface area contributed by atoms with Gasteiger partial charge in [0.1, 0.15) is 5.75 Å². The SMILES string of the molecule is CCC#Cc1c(CCCC)c(CC)c(OB(O)O)c(C(CC)(CC)CCC)c1CCCC. The van der Waals surface area contributed by atoms with Crippen molar-refractivity contribution < 1.29 is 14.7 Å². The first-order valence-electron chi connectivity index (χ1n) is 13.1. The number of hydrogen-bond donors (Lipinski definition) is 2. The van der Waals surface area contributed by atoms with Crippen LogP contribution < -0.4 is 4.65 Å². The minimum absolute atomic E-state index is 0.0576. The van der Waals surface area contributed by atoms with Crippen LogP contribution in [0.1, 0.15) is 134 Å². The number of benzene rings is 1. The smallest absolute Gasteiger partial charge is 0.512 e. The molecule has 0 unspecified atom stereocenters. The molecule has 1 rings (SSSR count). The fraction of sp³-hybridized carbons (Fsp3) is 0.714. The zero-order chi connectivity index (χ0) is 24.1. The van der Waals surface area contributed by atoms with Gasteiger partial charge in [-0.25, -0.2) is 0 Å². The molecule has 1 aromatic carbocycles. The predicted octanol–water partition coefficient (Wildman–Crippen LogP) is 6.90. The Bertz CT molecular complexity index is 754. The molecular weight excluding hydrogens is 395 g/mol. The maximum absolute atomic E-state index is 9.94. The molecule has 0 aliphatic carbocycles. The molecule has 0 amide bonds. The Labute approximate surface area is 198 Å². The van der Waals surface area contributed by atoms with Crippen molar-refractivity contribution >= 4 is 7.32 Å². The van der Waals surface area contributed by atoms with Gasteiger partial charge in [0.2, 0.25) is 0 Å². The molecule has 0 saturated heterocycles. The Kier molecular flexibility index (Phi) is 13.1. The Morgan fingerprint density at radius 3 is 1.84 bits per heavy atom. The molecule has 0 bridgehead atoms. The van der Waals surface area contributed by atoms with E-state index >= 15 is 0 Å². The van der Waals surface area contributed by atoms with E-state index in [4.69, 9.17) is 4.65 Å². The highest BCUT2D eigenvalue weighted by Gasteiger charge is 2.37. The average Bonchev–Trinajstić information content (AvgIpc) is 2.78. The maximum Gasteiger partial charge on any atom is 0.707 e. The summed E-state index contributed by atoms with van der Waals surface area (Å²) in [5.74, 6) is 7.66. The molecule has 0 radical (unpaired) electrons. The van der Waals surface area contributed by atoms with Crippen molar-refractivity contribution in [2.45, 2.75) is 131 Å². The van der Waals surface area contributed by atoms with Gasteiger partial charge in [-0.3, -0.25) is 0 Å². The average molecular weight is 442 g/mol. The molecule has 0 aliphatic heterocycles. The van der Waals surface area contributed by atoms with E-state index in [1.807, 2.05) is 0 Å². The van der Waals surface area contributed by atoms with Crippen LogP contribution in [0, 0.1) is 11.8 Å². The Hall–Kier alpha value is -1.44. The standard InChI is InChI=1S/C28H47BO3/c1-8-15-18-23-22(12-5)27(32-29(30)31)26(28(13-6,14-7)21-11-4)25(20-17-10-3)24(23)19-16-9-2/h30-31H,8-15,17-18,20-21H2,1-7H3. The van der Waals surface area contributed by atoms with Gasteiger partial charge in [-0.15, -0.1) is 0 Å². The second kappa shape index (κ2) is 14.7. The Balaban J connectivity index is 4.23. The molecule has 0 heterocycles. The molecule has 3 nitrogen and oxygen atoms in total. The van der Waals surface area contributed by atoms with E-state index < -0.39 is 7.32 Å². The second-order valence-corrected chi connectivity index (χ2v) is 8.91. The fourth-order valence-corrected chi connectivity index (χ4v) is 5.17. The van der Waals surface area contributed by atoms with Crippen LogP contribution in [0.4, 0.5) is 0 Å². The third-order valence-corrected chi connectivity index (χ3v) is 6.91. The van der Waals surface area contributed by atoms with E-state index in [-0.39, 0.29) is 5.41 Å². The summed E-state index contributed by atoms with van der Waals surface area (Å²) in [7, 11) is -1.82. The van der Waals surface area contributed by atoms with Gasteiger partial charge < -0.3 is 14.7 Å². The summed E-state index contributed by atoms with van der Waals surface area (Å²) in [6.07, 6.45) is 12.0. The first-order valence-corrected chi connectivity index (χ1v) is 13.1. The minimum atomic E-state index is -1.82. The largest absolute Gasteiger partial charge is 0.707 e. The Morgan fingerprint density at radius 1 is 0.812 bits per heavy atom. The summed E-state index contributed by atoms with van der Waals surface area (Å²) >= 11 is 0. The fourth-order valence-electron chi connectivity index (χ4n) is 5.17. The van der Waals surface area contributed by atoms with Crippen LogP contribution in [0.15, 0.2) is 0 Å². The molecule has 0 fully saturated rings. The van der Waals surface area contributed by atoms with Crippen LogP contribution in [0.5, 0.6) is 5.75 Å². The summed E-state index contributed by atoms with van der Waals surface area (Å²) in [6.45, 7) is 15.4. The van der Waals surface area contributed by atoms with Gasteiger partial charge >= 0.3 is 7.32 Å². The van der Waals surface area contributed by atoms with E-state index in [0.717, 1.165) is 88.4 Å². The molecule has 2 N–H and O–H groups in total. The van der Waals surface area contributed by atoms with Crippen LogP contribution in [0.25, 0.3) is 0 Å². The summed E-state index contributed by atoms with van der Waals surface area (Å²) < 4.78 is 5.89. The van der Waals surface area contributed by atoms with Crippen molar-refractivity contribution in [1.29, 1.82) is 0 Å². The quantitative estimate of drug-likeness (QED) is 0.243. The van der Waals surface area contributed by atoms with E-state index in [1.165, 1.54) is 22.3 Å². The number of hydrogen-bond acceptors (Lipinski definition) is 3. The van der Waals surface area contributed by atoms with Gasteiger partial charge in [0, 0.05) is 17.5 Å². The maximum atomic E-state index is 9.94. The lowest BCUT2D eigenvalue weighted by atomic mass is 9.67. The van der Waals surface area contributed by atoms with E-state index in [1.54, 1.807) is 0 Å². The van der Waals surface area contributed by atoms with Crippen LogP contribution in [0.3, 0.4) is 0 Å². The van der Waals surface area contributed by atoms with E-state index in [9.17, 15) is 10.0 Å². The highest BCUT2D eigenvalue weighted by atomic mass is 16.6. The van der Waals surface area contributed by atoms with Crippen molar-refractivity contribution in [1.82, 2.24) is 0 Å². The first kappa shape index (κ1) is 28.6. The first-order chi connectivity index (χ1) is 15.4. The Morgan fingerprint density at radius 2 is 1.41 bits per heavy atom. The van der Waals surface area contributed by atoms with Gasteiger partial charge in [-0.05, 0) is 73.5 Å². The van der Waals surface area contributed by atoms with Crippen molar-refractivity contribution in [3.63, 3.8) is 0 Å². The molecule has 180 valence electrons. The lowest BCUT2D eigenvalue weighted by molar-refractivity contribution is 0.276. The normalized spacial score (nSPS) is 11.3. The molecule has 1 aromatic rings.